The molecule has 194 valence electrons. The van der Waals surface area contributed by atoms with E-state index in [1.54, 1.807) is 12.1 Å². The average Bonchev–Trinajstić information content (AvgIpc) is 3.53. The molecule has 0 bridgehead atoms. The summed E-state index contributed by atoms with van der Waals surface area (Å²) < 4.78 is 13.9. The molecule has 0 amide bonds. The van der Waals surface area contributed by atoms with E-state index in [1.807, 2.05) is 73.8 Å². The molecule has 0 saturated heterocycles. The molecule has 1 aliphatic rings. The normalized spacial score (nSPS) is 15.2. The minimum atomic E-state index is -0.468. The van der Waals surface area contributed by atoms with Crippen molar-refractivity contribution in [3.05, 3.63) is 101 Å². The lowest BCUT2D eigenvalue weighted by Gasteiger charge is -2.21. The lowest BCUT2D eigenvalue weighted by molar-refractivity contribution is 0.0659. The number of hydrogen-bond acceptors (Lipinski definition) is 9. The van der Waals surface area contributed by atoms with Crippen LogP contribution in [-0.4, -0.2) is 50.5 Å². The molecule has 38 heavy (non-hydrogen) atoms. The number of aryl methyl sites for hydroxylation is 2. The molecule has 3 aromatic carbocycles. The number of tetrazole rings is 1. The van der Waals surface area contributed by atoms with Crippen LogP contribution in [0.4, 0.5) is 0 Å². The van der Waals surface area contributed by atoms with Gasteiger partial charge in [-0.15, -0.1) is 10.2 Å². The Morgan fingerprint density at radius 2 is 1.74 bits per heavy atom. The number of nitrogens with zero attached hydrogens (tertiary/aromatic N) is 7. The van der Waals surface area contributed by atoms with Crippen LogP contribution in [0.2, 0.25) is 0 Å². The lowest BCUT2D eigenvalue weighted by Crippen LogP contribution is -2.17. The number of aromatic nitrogens is 4. The van der Waals surface area contributed by atoms with Crippen molar-refractivity contribution in [2.24, 2.45) is 17.3 Å². The number of hydrogen-bond donors (Lipinski definition) is 0. The third-order valence-electron chi connectivity index (χ3n) is 5.95. The number of oxime groups is 1. The van der Waals surface area contributed by atoms with Crippen LogP contribution < -0.4 is 4.74 Å². The average molecular weight is 512 g/mol. The van der Waals surface area contributed by atoms with Gasteiger partial charge in [-0.1, -0.05) is 73.1 Å². The molecular weight excluding hydrogens is 482 g/mol. The molecule has 0 saturated carbocycles. The molecule has 0 aliphatic carbocycles. The minimum absolute atomic E-state index is 0.0321. The van der Waals surface area contributed by atoms with Crippen molar-refractivity contribution >= 4 is 11.6 Å². The molecule has 1 aromatic heterocycles. The summed E-state index contributed by atoms with van der Waals surface area (Å²) in [4.78, 5) is 5.67. The molecule has 0 spiro atoms. The maximum absolute atomic E-state index is 6.22. The predicted molar refractivity (Wildman–Crippen MR) is 143 cm³/mol. The van der Waals surface area contributed by atoms with Crippen molar-refractivity contribution in [3.8, 4) is 11.5 Å². The summed E-state index contributed by atoms with van der Waals surface area (Å²) in [6.45, 7) is 2.20. The van der Waals surface area contributed by atoms with E-state index < -0.39 is 6.23 Å². The second kappa shape index (κ2) is 11.5. The van der Waals surface area contributed by atoms with Gasteiger partial charge in [-0.05, 0) is 46.7 Å². The van der Waals surface area contributed by atoms with Gasteiger partial charge in [0.15, 0.2) is 12.3 Å². The Labute approximate surface area is 221 Å². The van der Waals surface area contributed by atoms with Crippen molar-refractivity contribution in [2.75, 3.05) is 13.7 Å². The second-order valence-electron chi connectivity index (χ2n) is 8.78. The van der Waals surface area contributed by atoms with Gasteiger partial charge in [0.25, 0.3) is 0 Å². The van der Waals surface area contributed by atoms with Gasteiger partial charge in [-0.3, -0.25) is 5.01 Å². The summed E-state index contributed by atoms with van der Waals surface area (Å²) >= 11 is 0. The Morgan fingerprint density at radius 3 is 2.47 bits per heavy atom. The summed E-state index contributed by atoms with van der Waals surface area (Å²) in [5, 5.41) is 22.3. The SMILES string of the molecule is CCCc1ccc(Oc2ccccc2C2OC(CO/N=C(/c3ccccc3)c3nnnn3C)=NN2C)cc1. The summed E-state index contributed by atoms with van der Waals surface area (Å²) in [6, 6.07) is 25.5. The van der Waals surface area contributed by atoms with Crippen molar-refractivity contribution in [1.29, 1.82) is 0 Å². The van der Waals surface area contributed by atoms with Crippen molar-refractivity contribution in [2.45, 2.75) is 26.0 Å². The van der Waals surface area contributed by atoms with Gasteiger partial charge < -0.3 is 14.3 Å². The zero-order chi connectivity index (χ0) is 26.3. The Bertz CT molecular complexity index is 1420. The van der Waals surface area contributed by atoms with Crippen LogP contribution in [-0.2, 0) is 23.0 Å². The van der Waals surface area contributed by atoms with E-state index in [0.717, 1.165) is 29.7 Å². The fourth-order valence-corrected chi connectivity index (χ4v) is 4.10. The molecule has 5 rings (SSSR count). The molecule has 10 heteroatoms. The molecule has 0 radical (unpaired) electrons. The molecule has 1 atom stereocenters. The van der Waals surface area contributed by atoms with Crippen molar-refractivity contribution < 1.29 is 14.3 Å². The Hall–Kier alpha value is -4.73. The first kappa shape index (κ1) is 24.9. The highest BCUT2D eigenvalue weighted by Crippen LogP contribution is 2.35. The van der Waals surface area contributed by atoms with E-state index in [9.17, 15) is 0 Å². The summed E-state index contributed by atoms with van der Waals surface area (Å²) in [7, 11) is 3.59. The Kier molecular flexibility index (Phi) is 7.58. The van der Waals surface area contributed by atoms with Gasteiger partial charge in [0.05, 0.1) is 5.56 Å². The van der Waals surface area contributed by atoms with E-state index in [0.29, 0.717) is 23.2 Å². The van der Waals surface area contributed by atoms with Gasteiger partial charge >= 0.3 is 0 Å². The number of hydrazone groups is 1. The van der Waals surface area contributed by atoms with Gasteiger partial charge in [-0.2, -0.15) is 0 Å². The minimum Gasteiger partial charge on any atom is -0.457 e. The van der Waals surface area contributed by atoms with Gasteiger partial charge in [0.2, 0.25) is 18.0 Å². The van der Waals surface area contributed by atoms with Crippen LogP contribution >= 0.6 is 0 Å². The molecule has 0 fully saturated rings. The van der Waals surface area contributed by atoms with E-state index in [4.69, 9.17) is 14.3 Å². The molecule has 4 aromatic rings. The number of benzene rings is 3. The zero-order valence-electron chi connectivity index (χ0n) is 21.6. The fourth-order valence-electron chi connectivity index (χ4n) is 4.10. The topological polar surface area (TPSA) is 99.2 Å². The van der Waals surface area contributed by atoms with Crippen LogP contribution in [0.5, 0.6) is 11.5 Å². The maximum atomic E-state index is 6.22. The second-order valence-corrected chi connectivity index (χ2v) is 8.78. The van der Waals surface area contributed by atoms with Crippen LogP contribution in [0.25, 0.3) is 0 Å². The standard InChI is InChI=1S/C28H29N7O3/c1-4-10-20-15-17-22(18-16-20)37-24-14-9-8-13-23(24)28-35(3)30-25(38-28)19-36-31-26(21-11-6-5-7-12-21)27-29-32-33-34(27)2/h5-9,11-18,28H,4,10,19H2,1-3H3/b31-26-. The lowest BCUT2D eigenvalue weighted by atomic mass is 10.1. The van der Waals surface area contributed by atoms with E-state index in [-0.39, 0.29) is 6.61 Å². The summed E-state index contributed by atoms with van der Waals surface area (Å²) in [6.07, 6.45) is 1.69. The summed E-state index contributed by atoms with van der Waals surface area (Å²) in [5.41, 5.74) is 3.47. The summed E-state index contributed by atoms with van der Waals surface area (Å²) in [5.74, 6) is 2.34. The monoisotopic (exact) mass is 511 g/mol. The van der Waals surface area contributed by atoms with Gasteiger partial charge in [-0.25, -0.2) is 4.68 Å². The van der Waals surface area contributed by atoms with Crippen molar-refractivity contribution in [3.63, 3.8) is 0 Å². The molecule has 1 unspecified atom stereocenters. The number of ether oxygens (including phenoxy) is 2. The van der Waals surface area contributed by atoms with E-state index >= 15 is 0 Å². The first-order valence-electron chi connectivity index (χ1n) is 12.4. The highest BCUT2D eigenvalue weighted by molar-refractivity contribution is 6.10. The largest absolute Gasteiger partial charge is 0.457 e. The quantitative estimate of drug-likeness (QED) is 0.225. The third kappa shape index (κ3) is 5.64. The predicted octanol–water partition coefficient (Wildman–Crippen LogP) is 4.70. The molecule has 1 aliphatic heterocycles. The highest BCUT2D eigenvalue weighted by Gasteiger charge is 2.30. The first-order valence-corrected chi connectivity index (χ1v) is 12.4. The van der Waals surface area contributed by atoms with Crippen LogP contribution in [0.3, 0.4) is 0 Å². The maximum Gasteiger partial charge on any atom is 0.249 e. The first-order chi connectivity index (χ1) is 18.6. The van der Waals surface area contributed by atoms with Crippen LogP contribution in [0.1, 0.15) is 42.1 Å². The zero-order valence-corrected chi connectivity index (χ0v) is 21.6. The van der Waals surface area contributed by atoms with Crippen LogP contribution in [0, 0.1) is 0 Å². The number of rotatable bonds is 10. The molecule has 10 nitrogen and oxygen atoms in total. The van der Waals surface area contributed by atoms with Gasteiger partial charge in [0.1, 0.15) is 11.5 Å². The third-order valence-corrected chi connectivity index (χ3v) is 5.95. The Balaban J connectivity index is 1.28. The highest BCUT2D eigenvalue weighted by atomic mass is 16.6. The molecular formula is C28H29N7O3. The van der Waals surface area contributed by atoms with Gasteiger partial charge in [0, 0.05) is 19.7 Å². The smallest absolute Gasteiger partial charge is 0.249 e. The molecule has 2 heterocycles. The number of para-hydroxylation sites is 1. The van der Waals surface area contributed by atoms with Crippen LogP contribution in [0.15, 0.2) is 89.1 Å². The van der Waals surface area contributed by atoms with Crippen molar-refractivity contribution in [1.82, 2.24) is 25.2 Å². The van der Waals surface area contributed by atoms with E-state index in [1.165, 1.54) is 10.2 Å². The van der Waals surface area contributed by atoms with E-state index in [2.05, 4.69) is 44.8 Å². The molecule has 0 N–H and O–H groups in total. The Morgan fingerprint density at radius 1 is 0.974 bits per heavy atom. The fraction of sp³-hybridized carbons (Fsp3) is 0.250.